The molecule has 0 spiro atoms. The highest BCUT2D eigenvalue weighted by molar-refractivity contribution is 8.01. The third-order valence-electron chi connectivity index (χ3n) is 1.88. The van der Waals surface area contributed by atoms with Gasteiger partial charge in [0.15, 0.2) is 0 Å². The van der Waals surface area contributed by atoms with Crippen molar-refractivity contribution >= 4 is 23.1 Å². The summed E-state index contributed by atoms with van der Waals surface area (Å²) < 4.78 is 1.22. The van der Waals surface area contributed by atoms with Gasteiger partial charge < -0.3 is 5.32 Å². The fraction of sp³-hybridized carbons (Fsp3) is 0.625. The molecule has 12 heavy (non-hydrogen) atoms. The Bertz CT molecular complexity index is 253. The summed E-state index contributed by atoms with van der Waals surface area (Å²) in [7, 11) is 0. The van der Waals surface area contributed by atoms with Crippen LogP contribution in [0, 0.1) is 6.92 Å². The fourth-order valence-corrected chi connectivity index (χ4v) is 3.47. The van der Waals surface area contributed by atoms with Crippen LogP contribution >= 0.6 is 23.1 Å². The molecule has 0 saturated carbocycles. The molecule has 1 aromatic heterocycles. The Morgan fingerprint density at radius 1 is 1.75 bits per heavy atom. The second-order valence-electron chi connectivity index (χ2n) is 2.99. The number of hydrogen-bond donors (Lipinski definition) is 1. The van der Waals surface area contributed by atoms with E-state index >= 15 is 0 Å². The molecule has 66 valence electrons. The van der Waals surface area contributed by atoms with Crippen molar-refractivity contribution in [3.8, 4) is 0 Å². The lowest BCUT2D eigenvalue weighted by atomic mass is 10.4. The van der Waals surface area contributed by atoms with Gasteiger partial charge in [0.05, 0.1) is 0 Å². The highest BCUT2D eigenvalue weighted by atomic mass is 32.2. The number of thiazole rings is 1. The number of nitrogens with one attached hydrogen (secondary N) is 1. The topological polar surface area (TPSA) is 24.9 Å². The van der Waals surface area contributed by atoms with Gasteiger partial charge in [-0.25, -0.2) is 4.98 Å². The minimum absolute atomic E-state index is 0.746. The first-order valence-corrected chi connectivity index (χ1v) is 5.90. The van der Waals surface area contributed by atoms with Gasteiger partial charge in [0.25, 0.3) is 0 Å². The van der Waals surface area contributed by atoms with E-state index in [-0.39, 0.29) is 0 Å². The van der Waals surface area contributed by atoms with Gasteiger partial charge in [0, 0.05) is 22.9 Å². The van der Waals surface area contributed by atoms with E-state index in [2.05, 4.69) is 15.7 Å². The maximum Gasteiger partial charge on any atom is 0.150 e. The Morgan fingerprint density at radius 3 is 3.25 bits per heavy atom. The van der Waals surface area contributed by atoms with E-state index in [1.54, 1.807) is 11.3 Å². The molecule has 1 atom stereocenters. The molecule has 0 radical (unpaired) electrons. The van der Waals surface area contributed by atoms with Gasteiger partial charge in [-0.1, -0.05) is 11.8 Å². The monoisotopic (exact) mass is 200 g/mol. The van der Waals surface area contributed by atoms with Crippen molar-refractivity contribution < 1.29 is 0 Å². The average Bonchev–Trinajstić information content (AvgIpc) is 2.63. The molecule has 0 aromatic carbocycles. The maximum absolute atomic E-state index is 4.43. The van der Waals surface area contributed by atoms with Crippen LogP contribution in [0.5, 0.6) is 0 Å². The minimum atomic E-state index is 0.746. The summed E-state index contributed by atoms with van der Waals surface area (Å²) in [5.41, 5.74) is 1.15. The molecule has 0 bridgehead atoms. The van der Waals surface area contributed by atoms with E-state index in [0.29, 0.717) is 0 Å². The largest absolute Gasteiger partial charge is 0.316 e. The van der Waals surface area contributed by atoms with Crippen LogP contribution in [0.2, 0.25) is 0 Å². The van der Waals surface area contributed by atoms with Gasteiger partial charge in [0.1, 0.15) is 4.34 Å². The third kappa shape index (κ3) is 2.00. The summed E-state index contributed by atoms with van der Waals surface area (Å²) in [5, 5.41) is 6.22. The first-order valence-electron chi connectivity index (χ1n) is 4.14. The summed E-state index contributed by atoms with van der Waals surface area (Å²) >= 11 is 3.68. The van der Waals surface area contributed by atoms with Crippen LogP contribution in [0.15, 0.2) is 9.72 Å². The van der Waals surface area contributed by atoms with E-state index in [4.69, 9.17) is 0 Å². The van der Waals surface area contributed by atoms with Gasteiger partial charge in [-0.3, -0.25) is 0 Å². The Balaban J connectivity index is 1.94. The number of rotatable bonds is 2. The zero-order valence-electron chi connectivity index (χ0n) is 7.04. The van der Waals surface area contributed by atoms with E-state index in [9.17, 15) is 0 Å². The maximum atomic E-state index is 4.43. The first kappa shape index (κ1) is 8.53. The van der Waals surface area contributed by atoms with Crippen molar-refractivity contribution in [1.29, 1.82) is 0 Å². The van der Waals surface area contributed by atoms with Gasteiger partial charge in [-0.2, -0.15) is 0 Å². The molecule has 2 rings (SSSR count). The van der Waals surface area contributed by atoms with Crippen molar-refractivity contribution in [2.45, 2.75) is 22.9 Å². The Kier molecular flexibility index (Phi) is 2.68. The van der Waals surface area contributed by atoms with Crippen molar-refractivity contribution in [3.63, 3.8) is 0 Å². The molecule has 1 aliphatic heterocycles. The fourth-order valence-electron chi connectivity index (χ4n) is 1.26. The Morgan fingerprint density at radius 2 is 2.67 bits per heavy atom. The molecular formula is C8H12N2S2. The van der Waals surface area contributed by atoms with Gasteiger partial charge in [-0.05, 0) is 19.9 Å². The minimum Gasteiger partial charge on any atom is -0.316 e. The van der Waals surface area contributed by atoms with Crippen LogP contribution in [-0.4, -0.2) is 23.3 Å². The Labute approximate surface area is 80.8 Å². The highest BCUT2D eigenvalue weighted by Crippen LogP contribution is 2.29. The molecule has 1 saturated heterocycles. The van der Waals surface area contributed by atoms with E-state index in [1.807, 2.05) is 18.7 Å². The average molecular weight is 200 g/mol. The van der Waals surface area contributed by atoms with Crippen molar-refractivity contribution in [1.82, 2.24) is 10.3 Å². The lowest BCUT2D eigenvalue weighted by Crippen LogP contribution is -2.09. The van der Waals surface area contributed by atoms with Crippen LogP contribution in [0.3, 0.4) is 0 Å². The third-order valence-corrected chi connectivity index (χ3v) is 4.24. The summed E-state index contributed by atoms with van der Waals surface area (Å²) in [4.78, 5) is 4.43. The molecule has 2 nitrogen and oxygen atoms in total. The standard InChI is InChI=1S/C8H12N2S2/c1-6-5-11-8(10-6)12-7-2-3-9-4-7/h5,7,9H,2-4H2,1H3. The SMILES string of the molecule is Cc1csc(SC2CCNC2)n1. The summed E-state index contributed by atoms with van der Waals surface area (Å²) in [5.74, 6) is 0. The van der Waals surface area contributed by atoms with Crippen molar-refractivity contribution in [2.75, 3.05) is 13.1 Å². The van der Waals surface area contributed by atoms with Crippen LogP contribution in [0.1, 0.15) is 12.1 Å². The molecule has 0 aliphatic carbocycles. The molecule has 1 aliphatic rings. The zero-order valence-corrected chi connectivity index (χ0v) is 8.67. The van der Waals surface area contributed by atoms with E-state index in [1.165, 1.54) is 17.3 Å². The molecule has 0 amide bonds. The predicted octanol–water partition coefficient (Wildman–Crippen LogP) is 1.91. The van der Waals surface area contributed by atoms with Crippen LogP contribution in [0.25, 0.3) is 0 Å². The Hall–Kier alpha value is -0.0600. The number of nitrogens with zero attached hydrogens (tertiary/aromatic N) is 1. The van der Waals surface area contributed by atoms with Crippen molar-refractivity contribution in [3.05, 3.63) is 11.1 Å². The molecule has 1 aromatic rings. The molecule has 1 unspecified atom stereocenters. The molecule has 4 heteroatoms. The predicted molar refractivity (Wildman–Crippen MR) is 54.0 cm³/mol. The van der Waals surface area contributed by atoms with E-state index < -0.39 is 0 Å². The van der Waals surface area contributed by atoms with Crippen molar-refractivity contribution in [2.24, 2.45) is 0 Å². The molecule has 1 N–H and O–H groups in total. The van der Waals surface area contributed by atoms with E-state index in [0.717, 1.165) is 17.5 Å². The highest BCUT2D eigenvalue weighted by Gasteiger charge is 2.16. The number of aromatic nitrogens is 1. The van der Waals surface area contributed by atoms with Crippen LogP contribution < -0.4 is 5.32 Å². The lowest BCUT2D eigenvalue weighted by molar-refractivity contribution is 0.858. The number of thioether (sulfide) groups is 1. The number of aryl methyl sites for hydroxylation is 1. The summed E-state index contributed by atoms with van der Waals surface area (Å²) in [6.45, 7) is 4.36. The summed E-state index contributed by atoms with van der Waals surface area (Å²) in [6, 6.07) is 0. The van der Waals surface area contributed by atoms with Crippen LogP contribution in [0.4, 0.5) is 0 Å². The van der Waals surface area contributed by atoms with Crippen LogP contribution in [-0.2, 0) is 0 Å². The second kappa shape index (κ2) is 3.77. The second-order valence-corrected chi connectivity index (χ2v) is 5.39. The number of hydrogen-bond acceptors (Lipinski definition) is 4. The van der Waals surface area contributed by atoms with Gasteiger partial charge in [-0.15, -0.1) is 11.3 Å². The molecule has 1 fully saturated rings. The summed E-state index contributed by atoms with van der Waals surface area (Å²) in [6.07, 6.45) is 1.28. The molecule has 2 heterocycles. The van der Waals surface area contributed by atoms with Gasteiger partial charge >= 0.3 is 0 Å². The quantitative estimate of drug-likeness (QED) is 0.789. The smallest absolute Gasteiger partial charge is 0.150 e. The first-order chi connectivity index (χ1) is 5.84. The van der Waals surface area contributed by atoms with Gasteiger partial charge in [0.2, 0.25) is 0 Å². The molecular weight excluding hydrogens is 188 g/mol. The normalized spacial score (nSPS) is 23.2. The lowest BCUT2D eigenvalue weighted by Gasteiger charge is -2.02. The zero-order chi connectivity index (χ0) is 8.39.